The van der Waals surface area contributed by atoms with Gasteiger partial charge in [-0.15, -0.1) is 0 Å². The van der Waals surface area contributed by atoms with E-state index in [1.54, 1.807) is 6.92 Å². The number of methoxy groups -OCH3 is 1. The molecule has 0 unspecified atom stereocenters. The second-order valence-electron chi connectivity index (χ2n) is 4.02. The molecule has 0 saturated carbocycles. The number of rotatable bonds is 4. The monoisotopic (exact) mass is 241 g/mol. The van der Waals surface area contributed by atoms with Gasteiger partial charge in [0.2, 0.25) is 5.82 Å². The van der Waals surface area contributed by atoms with Crippen molar-refractivity contribution in [2.24, 2.45) is 5.92 Å². The quantitative estimate of drug-likeness (QED) is 0.452. The van der Waals surface area contributed by atoms with Gasteiger partial charge in [0.05, 0.1) is 7.11 Å². The van der Waals surface area contributed by atoms with Crippen molar-refractivity contribution in [3.05, 3.63) is 22.1 Å². The number of carbonyl (C=O) groups is 1. The molecule has 0 aliphatic rings. The van der Waals surface area contributed by atoms with E-state index < -0.39 is 16.9 Å². The van der Waals surface area contributed by atoms with E-state index in [0.717, 1.165) is 0 Å². The number of ether oxygens (including phenoxy) is 1. The minimum absolute atomic E-state index is 0.0463. The van der Waals surface area contributed by atoms with Gasteiger partial charge in [-0.3, -0.25) is 4.57 Å². The Balaban J connectivity index is 3.19. The molecule has 1 rings (SSSR count). The fourth-order valence-electron chi connectivity index (χ4n) is 1.67. The average molecular weight is 241 g/mol. The van der Waals surface area contributed by atoms with Gasteiger partial charge in [-0.2, -0.15) is 0 Å². The lowest BCUT2D eigenvalue weighted by atomic mass is 10.0. The highest BCUT2D eigenvalue weighted by molar-refractivity contribution is 5.74. The summed E-state index contributed by atoms with van der Waals surface area (Å²) in [6, 6.07) is -0.596. The van der Waals surface area contributed by atoms with Crippen molar-refractivity contribution in [3.8, 4) is 0 Å². The minimum atomic E-state index is -0.596. The number of imidazole rings is 1. The van der Waals surface area contributed by atoms with E-state index in [-0.39, 0.29) is 11.7 Å². The fourth-order valence-corrected chi connectivity index (χ4v) is 1.67. The summed E-state index contributed by atoms with van der Waals surface area (Å²) < 4.78 is 6.18. The summed E-state index contributed by atoms with van der Waals surface area (Å²) in [7, 11) is 1.29. The number of hydrogen-bond acceptors (Lipinski definition) is 5. The van der Waals surface area contributed by atoms with Gasteiger partial charge in [-0.25, -0.2) is 4.79 Å². The summed E-state index contributed by atoms with van der Waals surface area (Å²) in [5.74, 6) is -0.330. The average Bonchev–Trinajstić information content (AvgIpc) is 2.60. The van der Waals surface area contributed by atoms with Crippen LogP contribution in [0.1, 0.15) is 25.7 Å². The summed E-state index contributed by atoms with van der Waals surface area (Å²) >= 11 is 0. The van der Waals surface area contributed by atoms with Gasteiger partial charge in [0.15, 0.2) is 0 Å². The molecule has 1 heterocycles. The number of hydrogen-bond donors (Lipinski definition) is 0. The molecule has 1 aromatic rings. The number of aryl methyl sites for hydroxylation is 1. The molecule has 17 heavy (non-hydrogen) atoms. The standard InChI is InChI=1S/C10H15N3O4/c1-6(2)9(10(14)17-4)12-5-8(13(15)16)11-7(12)3/h5-6,9H,1-4H3/t9-/m0/s1. The molecular formula is C10H15N3O4. The second kappa shape index (κ2) is 4.94. The number of aromatic nitrogens is 2. The van der Waals surface area contributed by atoms with Crippen LogP contribution >= 0.6 is 0 Å². The molecule has 94 valence electrons. The number of esters is 1. The number of nitro groups is 1. The Morgan fingerprint density at radius 2 is 2.18 bits per heavy atom. The Bertz CT molecular complexity index is 439. The maximum atomic E-state index is 11.6. The summed E-state index contributed by atoms with van der Waals surface area (Å²) in [5.41, 5.74) is 0. The normalized spacial score (nSPS) is 12.5. The molecule has 7 heteroatoms. The molecule has 0 aliphatic heterocycles. The molecular weight excluding hydrogens is 226 g/mol. The van der Waals surface area contributed by atoms with E-state index in [1.807, 2.05) is 13.8 Å². The van der Waals surface area contributed by atoms with Gasteiger partial charge in [0.1, 0.15) is 12.2 Å². The Kier molecular flexibility index (Phi) is 3.82. The second-order valence-corrected chi connectivity index (χ2v) is 4.02. The number of nitrogens with zero attached hydrogens (tertiary/aromatic N) is 3. The minimum Gasteiger partial charge on any atom is -0.467 e. The largest absolute Gasteiger partial charge is 0.467 e. The molecule has 0 bridgehead atoms. The number of carbonyl (C=O) groups excluding carboxylic acids is 1. The summed E-state index contributed by atoms with van der Waals surface area (Å²) in [6.07, 6.45) is 1.26. The molecule has 1 atom stereocenters. The predicted molar refractivity (Wildman–Crippen MR) is 59.5 cm³/mol. The van der Waals surface area contributed by atoms with Gasteiger partial charge in [-0.05, 0) is 15.8 Å². The van der Waals surface area contributed by atoms with Crippen LogP contribution in [0, 0.1) is 23.0 Å². The van der Waals surface area contributed by atoms with E-state index in [1.165, 1.54) is 17.9 Å². The molecule has 0 spiro atoms. The highest BCUT2D eigenvalue weighted by Gasteiger charge is 2.29. The molecule has 0 aromatic carbocycles. The third kappa shape index (κ3) is 2.61. The van der Waals surface area contributed by atoms with Crippen molar-refractivity contribution < 1.29 is 14.5 Å². The van der Waals surface area contributed by atoms with E-state index in [9.17, 15) is 14.9 Å². The van der Waals surface area contributed by atoms with Crippen LogP contribution in [-0.2, 0) is 9.53 Å². The van der Waals surface area contributed by atoms with Crippen LogP contribution in [0.5, 0.6) is 0 Å². The summed E-state index contributed by atoms with van der Waals surface area (Å²) in [4.78, 5) is 25.5. The van der Waals surface area contributed by atoms with Gasteiger partial charge < -0.3 is 14.9 Å². The molecule has 0 saturated heterocycles. The first-order chi connectivity index (χ1) is 7.88. The van der Waals surface area contributed by atoms with E-state index >= 15 is 0 Å². The van der Waals surface area contributed by atoms with Gasteiger partial charge >= 0.3 is 11.8 Å². The smallest absolute Gasteiger partial charge is 0.381 e. The first-order valence-electron chi connectivity index (χ1n) is 5.16. The molecule has 0 fully saturated rings. The Hall–Kier alpha value is -1.92. The van der Waals surface area contributed by atoms with Crippen LogP contribution in [0.25, 0.3) is 0 Å². The Morgan fingerprint density at radius 1 is 1.59 bits per heavy atom. The molecule has 0 radical (unpaired) electrons. The molecule has 0 aliphatic carbocycles. The van der Waals surface area contributed by atoms with Crippen molar-refractivity contribution in [2.75, 3.05) is 7.11 Å². The van der Waals surface area contributed by atoms with E-state index in [2.05, 4.69) is 4.98 Å². The highest BCUT2D eigenvalue weighted by Crippen LogP contribution is 2.23. The lowest BCUT2D eigenvalue weighted by molar-refractivity contribution is -0.389. The third-order valence-corrected chi connectivity index (χ3v) is 2.47. The maximum absolute atomic E-state index is 11.6. The Labute approximate surface area is 98.6 Å². The topological polar surface area (TPSA) is 87.3 Å². The molecule has 0 amide bonds. The van der Waals surface area contributed by atoms with Crippen molar-refractivity contribution in [3.63, 3.8) is 0 Å². The van der Waals surface area contributed by atoms with Crippen LogP contribution in [0.3, 0.4) is 0 Å². The maximum Gasteiger partial charge on any atom is 0.381 e. The van der Waals surface area contributed by atoms with Gasteiger partial charge in [0, 0.05) is 6.92 Å². The summed E-state index contributed by atoms with van der Waals surface area (Å²) in [5, 5.41) is 10.6. The van der Waals surface area contributed by atoms with Crippen LogP contribution in [-0.4, -0.2) is 27.6 Å². The highest BCUT2D eigenvalue weighted by atomic mass is 16.6. The van der Waals surface area contributed by atoms with Crippen LogP contribution in [0.2, 0.25) is 0 Å². The lowest BCUT2D eigenvalue weighted by Gasteiger charge is -2.19. The van der Waals surface area contributed by atoms with Crippen molar-refractivity contribution in [2.45, 2.75) is 26.8 Å². The SMILES string of the molecule is COC(=O)[C@H](C(C)C)n1cc([N+](=O)[O-])nc1C. The first-order valence-corrected chi connectivity index (χ1v) is 5.16. The zero-order chi connectivity index (χ0) is 13.2. The van der Waals surface area contributed by atoms with Crippen molar-refractivity contribution in [1.82, 2.24) is 9.55 Å². The first kappa shape index (κ1) is 13.1. The van der Waals surface area contributed by atoms with Crippen LogP contribution in [0.4, 0.5) is 5.82 Å². The zero-order valence-corrected chi connectivity index (χ0v) is 10.2. The summed E-state index contributed by atoms with van der Waals surface area (Å²) in [6.45, 7) is 5.30. The predicted octanol–water partition coefficient (Wildman–Crippen LogP) is 1.47. The Morgan fingerprint density at radius 3 is 2.53 bits per heavy atom. The third-order valence-electron chi connectivity index (χ3n) is 2.47. The van der Waals surface area contributed by atoms with Crippen LogP contribution in [0.15, 0.2) is 6.20 Å². The van der Waals surface area contributed by atoms with E-state index in [4.69, 9.17) is 4.74 Å². The molecule has 0 N–H and O–H groups in total. The molecule has 1 aromatic heterocycles. The molecule has 7 nitrogen and oxygen atoms in total. The van der Waals surface area contributed by atoms with Crippen LogP contribution < -0.4 is 0 Å². The van der Waals surface area contributed by atoms with Gasteiger partial charge in [0.25, 0.3) is 0 Å². The van der Waals surface area contributed by atoms with Crippen molar-refractivity contribution in [1.29, 1.82) is 0 Å². The fraction of sp³-hybridized carbons (Fsp3) is 0.600. The lowest BCUT2D eigenvalue weighted by Crippen LogP contribution is -2.26. The zero-order valence-electron chi connectivity index (χ0n) is 10.2. The van der Waals surface area contributed by atoms with E-state index in [0.29, 0.717) is 5.82 Å². The van der Waals surface area contributed by atoms with Gasteiger partial charge in [-0.1, -0.05) is 13.8 Å². The van der Waals surface area contributed by atoms with Crippen molar-refractivity contribution >= 4 is 11.8 Å².